The first-order valence-corrected chi connectivity index (χ1v) is 6.57. The Morgan fingerprint density at radius 3 is 2.69 bits per heavy atom. The van der Waals surface area contributed by atoms with Gasteiger partial charge in [0, 0.05) is 30.2 Å². The molecular formula is C7H12ClNO3S. The van der Waals surface area contributed by atoms with E-state index in [2.05, 4.69) is 0 Å². The van der Waals surface area contributed by atoms with Crippen LogP contribution in [-0.2, 0) is 13.8 Å². The first-order chi connectivity index (χ1) is 5.90. The second-order valence-corrected chi connectivity index (χ2v) is 6.04. The molecule has 0 aromatic rings. The highest BCUT2D eigenvalue weighted by Gasteiger charge is 2.29. The lowest BCUT2D eigenvalue weighted by molar-refractivity contribution is -0.129. The van der Waals surface area contributed by atoms with Crippen molar-refractivity contribution in [3.05, 3.63) is 0 Å². The minimum Gasteiger partial charge on any atom is -0.339 e. The lowest BCUT2D eigenvalue weighted by atomic mass is 10.2. The van der Waals surface area contributed by atoms with Crippen LogP contribution >= 0.6 is 10.7 Å². The topological polar surface area (TPSA) is 54.5 Å². The molecule has 0 aromatic carbocycles. The Balaban J connectivity index is 2.64. The van der Waals surface area contributed by atoms with Crippen molar-refractivity contribution in [3.8, 4) is 0 Å². The molecule has 1 atom stereocenters. The molecule has 1 aliphatic heterocycles. The molecule has 1 amide bonds. The Kier molecular flexibility index (Phi) is 3.18. The van der Waals surface area contributed by atoms with Crippen molar-refractivity contribution >= 4 is 25.6 Å². The van der Waals surface area contributed by atoms with Crippen molar-refractivity contribution in [1.82, 2.24) is 4.90 Å². The summed E-state index contributed by atoms with van der Waals surface area (Å²) in [7, 11) is 1.62. The SMILES string of the molecule is CC(=O)N1CCCC1CS(=O)(=O)Cl. The summed E-state index contributed by atoms with van der Waals surface area (Å²) in [6, 6.07) is -0.222. The minimum atomic E-state index is -3.50. The van der Waals surface area contributed by atoms with Crippen LogP contribution in [0.1, 0.15) is 19.8 Å². The van der Waals surface area contributed by atoms with Gasteiger partial charge in [0.15, 0.2) is 0 Å². The maximum atomic E-state index is 11.0. The highest BCUT2D eigenvalue weighted by Crippen LogP contribution is 2.19. The van der Waals surface area contributed by atoms with Gasteiger partial charge in [-0.05, 0) is 12.8 Å². The fourth-order valence-corrected chi connectivity index (χ4v) is 2.90. The summed E-state index contributed by atoms with van der Waals surface area (Å²) in [6.07, 6.45) is 1.59. The maximum Gasteiger partial charge on any atom is 0.234 e. The molecule has 0 spiro atoms. The van der Waals surface area contributed by atoms with E-state index in [0.29, 0.717) is 6.54 Å². The number of rotatable bonds is 2. The molecule has 1 heterocycles. The van der Waals surface area contributed by atoms with Crippen LogP contribution in [0.15, 0.2) is 0 Å². The molecule has 0 bridgehead atoms. The average molecular weight is 226 g/mol. The van der Waals surface area contributed by atoms with Gasteiger partial charge in [-0.3, -0.25) is 4.79 Å². The highest BCUT2D eigenvalue weighted by molar-refractivity contribution is 8.13. The van der Waals surface area contributed by atoms with E-state index in [9.17, 15) is 13.2 Å². The van der Waals surface area contributed by atoms with Gasteiger partial charge in [-0.15, -0.1) is 0 Å². The van der Waals surface area contributed by atoms with Crippen LogP contribution in [0.3, 0.4) is 0 Å². The molecule has 1 unspecified atom stereocenters. The van der Waals surface area contributed by atoms with Gasteiger partial charge in [0.1, 0.15) is 0 Å². The number of carbonyl (C=O) groups excluding carboxylic acids is 1. The van der Waals surface area contributed by atoms with E-state index in [-0.39, 0.29) is 17.7 Å². The number of carbonyl (C=O) groups is 1. The second-order valence-electron chi connectivity index (χ2n) is 3.21. The quantitative estimate of drug-likeness (QED) is 0.646. The molecule has 76 valence electrons. The molecule has 4 nitrogen and oxygen atoms in total. The fraction of sp³-hybridized carbons (Fsp3) is 0.857. The Bertz CT molecular complexity index is 301. The van der Waals surface area contributed by atoms with Crippen LogP contribution in [0.5, 0.6) is 0 Å². The third-order valence-corrected chi connectivity index (χ3v) is 3.33. The van der Waals surface area contributed by atoms with Crippen molar-refractivity contribution in [3.63, 3.8) is 0 Å². The lowest BCUT2D eigenvalue weighted by Gasteiger charge is -2.21. The molecule has 6 heteroatoms. The molecule has 1 fully saturated rings. The third kappa shape index (κ3) is 3.15. The van der Waals surface area contributed by atoms with E-state index in [1.807, 2.05) is 0 Å². The Morgan fingerprint density at radius 1 is 1.62 bits per heavy atom. The number of halogens is 1. The summed E-state index contributed by atoms with van der Waals surface area (Å²) in [5.74, 6) is -0.212. The van der Waals surface area contributed by atoms with E-state index in [1.54, 1.807) is 4.90 Å². The van der Waals surface area contributed by atoms with E-state index >= 15 is 0 Å². The Morgan fingerprint density at radius 2 is 2.23 bits per heavy atom. The van der Waals surface area contributed by atoms with Crippen molar-refractivity contribution in [1.29, 1.82) is 0 Å². The van der Waals surface area contributed by atoms with Gasteiger partial charge in [-0.1, -0.05) is 0 Å². The number of nitrogens with zero attached hydrogens (tertiary/aromatic N) is 1. The zero-order valence-corrected chi connectivity index (χ0v) is 8.94. The van der Waals surface area contributed by atoms with Gasteiger partial charge in [0.05, 0.1) is 5.75 Å². The number of hydrogen-bond donors (Lipinski definition) is 0. The molecule has 0 saturated carbocycles. The first-order valence-electron chi connectivity index (χ1n) is 4.09. The molecule has 0 radical (unpaired) electrons. The summed E-state index contributed by atoms with van der Waals surface area (Å²) in [5.41, 5.74) is 0. The van der Waals surface area contributed by atoms with E-state index in [1.165, 1.54) is 6.92 Å². The zero-order chi connectivity index (χ0) is 10.1. The molecule has 1 rings (SSSR count). The van der Waals surface area contributed by atoms with Gasteiger partial charge in [0.2, 0.25) is 15.0 Å². The highest BCUT2D eigenvalue weighted by atomic mass is 35.7. The standard InChI is InChI=1S/C7H12ClNO3S/c1-6(10)9-4-2-3-7(9)5-13(8,11)12/h7H,2-5H2,1H3. The normalized spacial score (nSPS) is 23.5. The van der Waals surface area contributed by atoms with Gasteiger partial charge in [-0.2, -0.15) is 0 Å². The fourth-order valence-electron chi connectivity index (χ4n) is 1.65. The molecule has 1 aliphatic rings. The molecule has 13 heavy (non-hydrogen) atoms. The van der Waals surface area contributed by atoms with Crippen LogP contribution in [0.25, 0.3) is 0 Å². The van der Waals surface area contributed by atoms with Crippen molar-refractivity contribution in [2.45, 2.75) is 25.8 Å². The van der Waals surface area contributed by atoms with Crippen LogP contribution in [-0.4, -0.2) is 37.6 Å². The van der Waals surface area contributed by atoms with Gasteiger partial charge < -0.3 is 4.90 Å². The van der Waals surface area contributed by atoms with Gasteiger partial charge in [-0.25, -0.2) is 8.42 Å². The summed E-state index contributed by atoms with van der Waals surface area (Å²) >= 11 is 0. The number of likely N-dealkylation sites (tertiary alicyclic amines) is 1. The van der Waals surface area contributed by atoms with Gasteiger partial charge in [0.25, 0.3) is 0 Å². The van der Waals surface area contributed by atoms with Crippen molar-refractivity contribution in [2.24, 2.45) is 0 Å². The molecule has 0 aromatic heterocycles. The zero-order valence-electron chi connectivity index (χ0n) is 7.36. The van der Waals surface area contributed by atoms with E-state index < -0.39 is 9.05 Å². The lowest BCUT2D eigenvalue weighted by Crippen LogP contribution is -2.37. The predicted molar refractivity (Wildman–Crippen MR) is 50.0 cm³/mol. The smallest absolute Gasteiger partial charge is 0.234 e. The van der Waals surface area contributed by atoms with Crippen LogP contribution in [0, 0.1) is 0 Å². The summed E-state index contributed by atoms with van der Waals surface area (Å²) in [4.78, 5) is 12.6. The first kappa shape index (κ1) is 10.8. The summed E-state index contributed by atoms with van der Waals surface area (Å²) < 4.78 is 21.6. The number of hydrogen-bond acceptors (Lipinski definition) is 3. The Labute approximate surface area is 82.3 Å². The third-order valence-electron chi connectivity index (χ3n) is 2.17. The Hall–Kier alpha value is -0.290. The van der Waals surface area contributed by atoms with Crippen LogP contribution < -0.4 is 0 Å². The minimum absolute atomic E-state index is 0.0807. The monoisotopic (exact) mass is 225 g/mol. The maximum absolute atomic E-state index is 11.0. The van der Waals surface area contributed by atoms with Crippen LogP contribution in [0.4, 0.5) is 0 Å². The number of amides is 1. The average Bonchev–Trinajstić information content (AvgIpc) is 2.31. The van der Waals surface area contributed by atoms with Crippen molar-refractivity contribution in [2.75, 3.05) is 12.3 Å². The predicted octanol–water partition coefficient (Wildman–Crippen LogP) is 0.566. The van der Waals surface area contributed by atoms with Crippen LogP contribution in [0.2, 0.25) is 0 Å². The summed E-state index contributed by atoms with van der Waals surface area (Å²) in [5, 5.41) is 0. The molecular weight excluding hydrogens is 214 g/mol. The van der Waals surface area contributed by atoms with Gasteiger partial charge >= 0.3 is 0 Å². The van der Waals surface area contributed by atoms with E-state index in [4.69, 9.17) is 10.7 Å². The summed E-state index contributed by atoms with van der Waals surface area (Å²) in [6.45, 7) is 2.09. The second kappa shape index (κ2) is 3.84. The molecule has 0 aliphatic carbocycles. The van der Waals surface area contributed by atoms with E-state index in [0.717, 1.165) is 12.8 Å². The molecule has 1 saturated heterocycles. The largest absolute Gasteiger partial charge is 0.339 e. The van der Waals surface area contributed by atoms with Crippen molar-refractivity contribution < 1.29 is 13.2 Å². The molecule has 0 N–H and O–H groups in total.